The zero-order valence-electron chi connectivity index (χ0n) is 29.1. The summed E-state index contributed by atoms with van der Waals surface area (Å²) in [4.78, 5) is 46.8. The van der Waals surface area contributed by atoms with Crippen LogP contribution in [0.25, 0.3) is 27.8 Å². The van der Waals surface area contributed by atoms with Crippen LogP contribution >= 0.6 is 0 Å². The first-order valence-corrected chi connectivity index (χ1v) is 18.0. The van der Waals surface area contributed by atoms with E-state index in [2.05, 4.69) is 39.9 Å². The lowest BCUT2D eigenvalue weighted by Gasteiger charge is -2.30. The molecule has 1 saturated heterocycles. The van der Waals surface area contributed by atoms with E-state index in [9.17, 15) is 23.2 Å². The number of allylic oxidation sites excluding steroid dienone is 2. The average Bonchev–Trinajstić information content (AvgIpc) is 3.15. The lowest BCUT2D eigenvalue weighted by Crippen LogP contribution is -2.45. The van der Waals surface area contributed by atoms with Gasteiger partial charge in [-0.05, 0) is 112 Å². The Kier molecular flexibility index (Phi) is 10.2. The standard InChI is InChI=1S/C40H43F2N7O3/c1-25-5-10-30(41)23-47(25)24-36(43)38(50)46-32-11-13-33(14-12-32)49-39(51)35-21-31(42)22-45-37(35)48(40(49)52)34-4-2-3-29(20-34)28-8-6-26(7-9-28)19-27-15-17-44-18-16-27/h2-10,20-25,27,32-33,44H,11-19,43H2,1H3,(H,46,50)/b36-24-. The van der Waals surface area contributed by atoms with Gasteiger partial charge in [-0.15, -0.1) is 0 Å². The maximum atomic E-state index is 14.5. The van der Waals surface area contributed by atoms with Gasteiger partial charge < -0.3 is 21.3 Å². The number of aromatic nitrogens is 3. The molecule has 7 rings (SSSR count). The molecule has 270 valence electrons. The number of halogens is 2. The number of nitrogens with zero attached hydrogens (tertiary/aromatic N) is 4. The molecule has 0 radical (unpaired) electrons. The number of fused-ring (bicyclic) bond motifs is 1. The van der Waals surface area contributed by atoms with Gasteiger partial charge in [-0.3, -0.25) is 14.2 Å². The van der Waals surface area contributed by atoms with E-state index >= 15 is 0 Å². The number of nitrogens with two attached hydrogens (primary N) is 1. The fraction of sp³-hybridized carbons (Fsp3) is 0.350. The minimum absolute atomic E-state index is 0.00729. The largest absolute Gasteiger partial charge is 0.393 e. The molecule has 1 saturated carbocycles. The number of piperidine rings is 1. The molecule has 2 fully saturated rings. The zero-order chi connectivity index (χ0) is 36.4. The Hall–Kier alpha value is -5.36. The van der Waals surface area contributed by atoms with Crippen LogP contribution < -0.4 is 27.6 Å². The van der Waals surface area contributed by atoms with Crippen molar-refractivity contribution in [3.63, 3.8) is 0 Å². The maximum Gasteiger partial charge on any atom is 0.337 e. The van der Waals surface area contributed by atoms with Gasteiger partial charge in [-0.2, -0.15) is 0 Å². The molecule has 12 heteroatoms. The maximum absolute atomic E-state index is 14.5. The molecule has 1 unspecified atom stereocenters. The summed E-state index contributed by atoms with van der Waals surface area (Å²) in [5.41, 5.74) is 8.60. The summed E-state index contributed by atoms with van der Waals surface area (Å²) >= 11 is 0. The van der Waals surface area contributed by atoms with E-state index in [1.807, 2.05) is 25.1 Å². The summed E-state index contributed by atoms with van der Waals surface area (Å²) in [5.74, 6) is -0.925. The Morgan fingerprint density at radius 1 is 1.00 bits per heavy atom. The van der Waals surface area contributed by atoms with Crippen LogP contribution in [0.3, 0.4) is 0 Å². The number of rotatable bonds is 8. The average molecular weight is 708 g/mol. The Bertz CT molecular complexity index is 2180. The molecule has 1 aliphatic carbocycles. The van der Waals surface area contributed by atoms with Crippen LogP contribution in [0.1, 0.15) is 57.1 Å². The molecule has 1 atom stereocenters. The summed E-state index contributed by atoms with van der Waals surface area (Å²) in [5, 5.41) is 6.36. The van der Waals surface area contributed by atoms with E-state index in [1.54, 1.807) is 12.1 Å². The van der Waals surface area contributed by atoms with Crippen molar-refractivity contribution >= 4 is 16.9 Å². The molecular formula is C40H43F2N7O3. The van der Waals surface area contributed by atoms with Gasteiger partial charge in [0, 0.05) is 30.5 Å². The van der Waals surface area contributed by atoms with Gasteiger partial charge in [-0.1, -0.05) is 42.5 Å². The number of amides is 1. The zero-order valence-corrected chi connectivity index (χ0v) is 29.1. The topological polar surface area (TPSA) is 127 Å². The van der Waals surface area contributed by atoms with Crippen molar-refractivity contribution in [1.29, 1.82) is 0 Å². The van der Waals surface area contributed by atoms with Crippen molar-refractivity contribution in [3.8, 4) is 16.8 Å². The first-order valence-electron chi connectivity index (χ1n) is 18.0. The highest BCUT2D eigenvalue weighted by Crippen LogP contribution is 2.29. The fourth-order valence-electron chi connectivity index (χ4n) is 7.57. The van der Waals surface area contributed by atoms with Crippen LogP contribution in [0.5, 0.6) is 0 Å². The van der Waals surface area contributed by atoms with E-state index in [4.69, 9.17) is 5.73 Å². The van der Waals surface area contributed by atoms with Crippen LogP contribution in [0.4, 0.5) is 8.78 Å². The van der Waals surface area contributed by atoms with Gasteiger partial charge in [-0.25, -0.2) is 23.1 Å². The van der Waals surface area contributed by atoms with Gasteiger partial charge >= 0.3 is 5.69 Å². The lowest BCUT2D eigenvalue weighted by atomic mass is 9.90. The molecule has 52 heavy (non-hydrogen) atoms. The van der Waals surface area contributed by atoms with Crippen molar-refractivity contribution < 1.29 is 13.6 Å². The Morgan fingerprint density at radius 2 is 1.75 bits per heavy atom. The number of carbonyl (C=O) groups excluding carboxylic acids is 1. The van der Waals surface area contributed by atoms with Gasteiger partial charge in [0.2, 0.25) is 0 Å². The Balaban J connectivity index is 1.12. The van der Waals surface area contributed by atoms with Gasteiger partial charge in [0.15, 0.2) is 5.65 Å². The summed E-state index contributed by atoms with van der Waals surface area (Å²) < 4.78 is 30.9. The molecule has 4 N–H and O–H groups in total. The highest BCUT2D eigenvalue weighted by molar-refractivity contribution is 5.92. The summed E-state index contributed by atoms with van der Waals surface area (Å²) in [7, 11) is 0. The van der Waals surface area contributed by atoms with Crippen molar-refractivity contribution in [2.45, 2.75) is 70.0 Å². The second kappa shape index (κ2) is 15.1. The third kappa shape index (κ3) is 7.48. The first-order chi connectivity index (χ1) is 25.1. The third-order valence-corrected chi connectivity index (χ3v) is 10.5. The monoisotopic (exact) mass is 707 g/mol. The molecule has 3 aliphatic rings. The van der Waals surface area contributed by atoms with Crippen molar-refractivity contribution in [2.24, 2.45) is 11.7 Å². The van der Waals surface area contributed by atoms with Crippen LogP contribution in [-0.4, -0.2) is 50.1 Å². The normalized spacial score (nSPS) is 21.3. The van der Waals surface area contributed by atoms with E-state index in [0.29, 0.717) is 37.3 Å². The second-order valence-corrected chi connectivity index (χ2v) is 14.1. The second-order valence-electron chi connectivity index (χ2n) is 14.1. The highest BCUT2D eigenvalue weighted by Gasteiger charge is 2.28. The van der Waals surface area contributed by atoms with Gasteiger partial charge in [0.1, 0.15) is 17.3 Å². The van der Waals surface area contributed by atoms with Crippen LogP contribution in [-0.2, 0) is 11.2 Å². The number of nitrogens with one attached hydrogen (secondary N) is 2. The van der Waals surface area contributed by atoms with Gasteiger partial charge in [0.25, 0.3) is 11.5 Å². The smallest absolute Gasteiger partial charge is 0.337 e. The fourth-order valence-corrected chi connectivity index (χ4v) is 7.57. The molecule has 1 amide bonds. The third-order valence-electron chi connectivity index (χ3n) is 10.5. The molecule has 4 aromatic rings. The van der Waals surface area contributed by atoms with E-state index < -0.39 is 34.8 Å². The summed E-state index contributed by atoms with van der Waals surface area (Å²) in [6, 6.07) is 16.2. The summed E-state index contributed by atoms with van der Waals surface area (Å²) in [6.45, 7) is 3.97. The lowest BCUT2D eigenvalue weighted by molar-refractivity contribution is -0.118. The van der Waals surface area contributed by atoms with Crippen molar-refractivity contribution in [3.05, 3.63) is 129 Å². The number of hydrogen-bond acceptors (Lipinski definition) is 7. The van der Waals surface area contributed by atoms with Crippen LogP contribution in [0.2, 0.25) is 0 Å². The van der Waals surface area contributed by atoms with E-state index in [-0.39, 0.29) is 28.8 Å². The molecule has 0 spiro atoms. The van der Waals surface area contributed by atoms with Crippen LogP contribution in [0, 0.1) is 11.7 Å². The Morgan fingerprint density at radius 3 is 2.50 bits per heavy atom. The van der Waals surface area contributed by atoms with Crippen LogP contribution in [0.15, 0.2) is 106 Å². The molecule has 2 aromatic heterocycles. The first kappa shape index (κ1) is 35.1. The molecule has 10 nitrogen and oxygen atoms in total. The highest BCUT2D eigenvalue weighted by atomic mass is 19.1. The van der Waals surface area contributed by atoms with Crippen molar-refractivity contribution in [1.82, 2.24) is 29.7 Å². The molecule has 4 heterocycles. The van der Waals surface area contributed by atoms with Crippen molar-refractivity contribution in [2.75, 3.05) is 13.1 Å². The minimum atomic E-state index is -0.676. The Labute approximate surface area is 300 Å². The number of hydrogen-bond donors (Lipinski definition) is 3. The summed E-state index contributed by atoms with van der Waals surface area (Å²) in [6.07, 6.45) is 11.9. The number of benzene rings is 2. The number of pyridine rings is 1. The molecule has 2 aliphatic heterocycles. The van der Waals surface area contributed by atoms with E-state index in [0.717, 1.165) is 42.9 Å². The molecule has 2 aromatic carbocycles. The predicted molar refractivity (Wildman–Crippen MR) is 198 cm³/mol. The SMILES string of the molecule is CC1C=CC(F)=CN1/C=C(\N)C(=O)NC1CCC(n2c(=O)c3cc(F)cnc3n(-c3cccc(-c4ccc(CC5CCNCC5)cc4)c3)c2=O)CC1. The number of carbonyl (C=O) groups is 1. The van der Waals surface area contributed by atoms with Gasteiger partial charge in [0.05, 0.1) is 17.3 Å². The quantitative estimate of drug-likeness (QED) is 0.210. The molecular weight excluding hydrogens is 664 g/mol. The van der Waals surface area contributed by atoms with E-state index in [1.165, 1.54) is 50.9 Å². The minimum Gasteiger partial charge on any atom is -0.393 e. The predicted octanol–water partition coefficient (Wildman–Crippen LogP) is 5.37. The molecule has 0 bridgehead atoms.